The van der Waals surface area contributed by atoms with Gasteiger partial charge in [-0.25, -0.2) is 9.82 Å². The number of carbonyl (C=O) groups excluding carboxylic acids is 1. The molecule has 1 N–H and O–H groups in total. The van der Waals surface area contributed by atoms with Crippen LogP contribution in [0.3, 0.4) is 0 Å². The van der Waals surface area contributed by atoms with Crippen molar-refractivity contribution in [3.63, 3.8) is 0 Å². The third kappa shape index (κ3) is 5.45. The average Bonchev–Trinajstić information content (AvgIpc) is 3.24. The van der Waals surface area contributed by atoms with Gasteiger partial charge in [0.15, 0.2) is 11.0 Å². The van der Waals surface area contributed by atoms with Gasteiger partial charge in [-0.1, -0.05) is 39.8 Å². The highest BCUT2D eigenvalue weighted by Crippen LogP contribution is 2.28. The van der Waals surface area contributed by atoms with Crippen LogP contribution in [-0.2, 0) is 4.79 Å². The Morgan fingerprint density at radius 2 is 1.91 bits per heavy atom. The quantitative estimate of drug-likeness (QED) is 0.225. The number of thioether (sulfide) groups is 1. The normalized spacial score (nSPS) is 11.1. The summed E-state index contributed by atoms with van der Waals surface area (Å²) in [5.74, 6) is 0.0741. The van der Waals surface area contributed by atoms with E-state index in [1.54, 1.807) is 24.5 Å². The van der Waals surface area contributed by atoms with Crippen molar-refractivity contribution in [3.05, 3.63) is 88.9 Å². The van der Waals surface area contributed by atoms with Gasteiger partial charge in [0.2, 0.25) is 0 Å². The highest BCUT2D eigenvalue weighted by molar-refractivity contribution is 9.10. The summed E-state index contributed by atoms with van der Waals surface area (Å²) in [6.45, 7) is 0. The molecule has 0 spiro atoms. The van der Waals surface area contributed by atoms with Crippen molar-refractivity contribution in [2.24, 2.45) is 5.10 Å². The molecule has 0 bridgehead atoms. The Labute approximate surface area is 195 Å². The second-order valence-electron chi connectivity index (χ2n) is 6.49. The third-order valence-corrected chi connectivity index (χ3v) is 5.70. The Hall–Kier alpha value is -3.37. The highest BCUT2D eigenvalue weighted by Gasteiger charge is 2.17. The lowest BCUT2D eigenvalue weighted by atomic mass is 10.2. The van der Waals surface area contributed by atoms with Crippen LogP contribution in [0.4, 0.5) is 4.39 Å². The Morgan fingerprint density at radius 1 is 1.12 bits per heavy atom. The van der Waals surface area contributed by atoms with Crippen LogP contribution in [0.5, 0.6) is 0 Å². The summed E-state index contributed by atoms with van der Waals surface area (Å²) < 4.78 is 15.8. The topological polar surface area (TPSA) is 85.1 Å². The van der Waals surface area contributed by atoms with Crippen LogP contribution in [0.2, 0.25) is 0 Å². The van der Waals surface area contributed by atoms with E-state index < -0.39 is 0 Å². The second kappa shape index (κ2) is 10.3. The van der Waals surface area contributed by atoms with E-state index in [2.05, 4.69) is 41.6 Å². The molecule has 1 amide bonds. The molecule has 2 aromatic heterocycles. The van der Waals surface area contributed by atoms with Gasteiger partial charge < -0.3 is 0 Å². The minimum atomic E-state index is -0.330. The molecule has 0 radical (unpaired) electrons. The van der Waals surface area contributed by atoms with Crippen LogP contribution in [0.15, 0.2) is 87.8 Å². The first-order valence-electron chi connectivity index (χ1n) is 9.42. The summed E-state index contributed by atoms with van der Waals surface area (Å²) in [7, 11) is 0. The number of amides is 1. The van der Waals surface area contributed by atoms with Gasteiger partial charge in [0.05, 0.1) is 12.0 Å². The Balaban J connectivity index is 1.49. The molecule has 7 nitrogen and oxygen atoms in total. The fourth-order valence-electron chi connectivity index (χ4n) is 2.76. The van der Waals surface area contributed by atoms with E-state index in [-0.39, 0.29) is 17.5 Å². The van der Waals surface area contributed by atoms with Crippen molar-refractivity contribution in [1.29, 1.82) is 0 Å². The summed E-state index contributed by atoms with van der Waals surface area (Å²) in [4.78, 5) is 16.4. The standard InChI is InChI=1S/C22H16BrFN6OS/c23-17-5-9-19(10-6-17)30-21(16-2-1-11-25-13-16)28-29-22(30)32-14-20(31)27-26-12-15-3-7-18(24)8-4-15/h1-13H,14H2,(H,27,31). The first kappa shape index (κ1) is 21.8. The smallest absolute Gasteiger partial charge is 0.250 e. The van der Waals surface area contributed by atoms with E-state index in [0.29, 0.717) is 16.5 Å². The van der Waals surface area contributed by atoms with Crippen LogP contribution < -0.4 is 5.43 Å². The van der Waals surface area contributed by atoms with Crippen molar-refractivity contribution in [3.8, 4) is 17.1 Å². The summed E-state index contributed by atoms with van der Waals surface area (Å²) >= 11 is 4.68. The van der Waals surface area contributed by atoms with E-state index in [9.17, 15) is 9.18 Å². The second-order valence-corrected chi connectivity index (χ2v) is 8.35. The lowest BCUT2D eigenvalue weighted by molar-refractivity contribution is -0.118. The maximum Gasteiger partial charge on any atom is 0.250 e. The summed E-state index contributed by atoms with van der Waals surface area (Å²) in [5, 5.41) is 13.1. The van der Waals surface area contributed by atoms with Gasteiger partial charge >= 0.3 is 0 Å². The number of nitrogens with zero attached hydrogens (tertiary/aromatic N) is 5. The molecule has 0 aliphatic heterocycles. The monoisotopic (exact) mass is 510 g/mol. The summed E-state index contributed by atoms with van der Waals surface area (Å²) in [6, 6.07) is 17.2. The minimum absolute atomic E-state index is 0.0858. The van der Waals surface area contributed by atoms with E-state index in [1.807, 2.05) is 41.0 Å². The zero-order valence-electron chi connectivity index (χ0n) is 16.5. The Kier molecular flexibility index (Phi) is 7.03. The van der Waals surface area contributed by atoms with Gasteiger partial charge in [0.25, 0.3) is 5.91 Å². The lowest BCUT2D eigenvalue weighted by Crippen LogP contribution is -2.20. The number of hydrazone groups is 1. The van der Waals surface area contributed by atoms with Gasteiger partial charge in [-0.15, -0.1) is 10.2 Å². The summed E-state index contributed by atoms with van der Waals surface area (Å²) in [5.41, 5.74) is 4.80. The number of halogens is 2. The third-order valence-electron chi connectivity index (χ3n) is 4.24. The van der Waals surface area contributed by atoms with Crippen LogP contribution in [0, 0.1) is 5.82 Å². The van der Waals surface area contributed by atoms with E-state index >= 15 is 0 Å². The molecule has 160 valence electrons. The fourth-order valence-corrected chi connectivity index (χ4v) is 3.77. The molecule has 0 fully saturated rings. The van der Waals surface area contributed by atoms with Crippen molar-refractivity contribution in [2.45, 2.75) is 5.16 Å². The Bertz CT molecular complexity index is 1230. The van der Waals surface area contributed by atoms with Crippen LogP contribution in [0.1, 0.15) is 5.56 Å². The number of nitrogens with one attached hydrogen (secondary N) is 1. The molecule has 0 atom stereocenters. The first-order chi connectivity index (χ1) is 15.6. The number of carbonyl (C=O) groups is 1. The van der Waals surface area contributed by atoms with Crippen LogP contribution in [0.25, 0.3) is 17.1 Å². The number of hydrogen-bond acceptors (Lipinski definition) is 6. The molecule has 0 aliphatic rings. The van der Waals surface area contributed by atoms with Gasteiger partial charge in [0, 0.05) is 28.1 Å². The van der Waals surface area contributed by atoms with Crippen molar-refractivity contribution in [1.82, 2.24) is 25.2 Å². The number of pyridine rings is 1. The molecular weight excluding hydrogens is 495 g/mol. The van der Waals surface area contributed by atoms with Crippen LogP contribution >= 0.6 is 27.7 Å². The number of benzene rings is 2. The molecule has 4 aromatic rings. The molecule has 10 heteroatoms. The molecular formula is C22H16BrFN6OS. The SMILES string of the molecule is O=C(CSc1nnc(-c2cccnc2)n1-c1ccc(Br)cc1)NN=Cc1ccc(F)cc1. The maximum absolute atomic E-state index is 12.9. The van der Waals surface area contributed by atoms with Gasteiger partial charge in [0.1, 0.15) is 5.82 Å². The van der Waals surface area contributed by atoms with Gasteiger partial charge in [-0.05, 0) is 54.1 Å². The van der Waals surface area contributed by atoms with E-state index in [0.717, 1.165) is 15.7 Å². The number of aromatic nitrogens is 4. The molecule has 4 rings (SSSR count). The van der Waals surface area contributed by atoms with Gasteiger partial charge in [-0.3, -0.25) is 14.3 Å². The molecule has 32 heavy (non-hydrogen) atoms. The van der Waals surface area contributed by atoms with Crippen molar-refractivity contribution in [2.75, 3.05) is 5.75 Å². The van der Waals surface area contributed by atoms with Crippen LogP contribution in [-0.4, -0.2) is 37.6 Å². The maximum atomic E-state index is 12.9. The molecule has 0 saturated carbocycles. The minimum Gasteiger partial charge on any atom is -0.272 e. The largest absolute Gasteiger partial charge is 0.272 e. The van der Waals surface area contributed by atoms with Crippen molar-refractivity contribution < 1.29 is 9.18 Å². The Morgan fingerprint density at radius 3 is 2.62 bits per heavy atom. The molecule has 2 aromatic carbocycles. The average molecular weight is 511 g/mol. The van der Waals surface area contributed by atoms with Gasteiger partial charge in [-0.2, -0.15) is 5.10 Å². The highest BCUT2D eigenvalue weighted by atomic mass is 79.9. The molecule has 0 saturated heterocycles. The van der Waals surface area contributed by atoms with E-state index in [4.69, 9.17) is 0 Å². The lowest BCUT2D eigenvalue weighted by Gasteiger charge is -2.10. The number of rotatable bonds is 7. The molecule has 2 heterocycles. The van der Waals surface area contributed by atoms with E-state index in [1.165, 1.54) is 30.1 Å². The number of hydrogen-bond donors (Lipinski definition) is 1. The predicted molar refractivity (Wildman–Crippen MR) is 125 cm³/mol. The molecule has 0 unspecified atom stereocenters. The fraction of sp³-hybridized carbons (Fsp3) is 0.0455. The van der Waals surface area contributed by atoms with Crippen molar-refractivity contribution >= 4 is 39.8 Å². The zero-order chi connectivity index (χ0) is 22.3. The first-order valence-corrected chi connectivity index (χ1v) is 11.2. The molecule has 0 aliphatic carbocycles. The predicted octanol–water partition coefficient (Wildman–Crippen LogP) is 4.47. The summed E-state index contributed by atoms with van der Waals surface area (Å²) in [6.07, 6.45) is 4.85. The zero-order valence-corrected chi connectivity index (χ0v) is 18.9.